The van der Waals surface area contributed by atoms with E-state index in [1.54, 1.807) is 0 Å². The topological polar surface area (TPSA) is 24.4 Å². The molecule has 1 aliphatic heterocycles. The predicted molar refractivity (Wildman–Crippen MR) is 95.1 cm³/mol. The molecule has 0 saturated carbocycles. The van der Waals surface area contributed by atoms with Gasteiger partial charge in [0.25, 0.3) is 0 Å². The number of nitrogens with zero attached hydrogens (tertiary/aromatic N) is 1. The highest BCUT2D eigenvalue weighted by Crippen LogP contribution is 2.29. The minimum absolute atomic E-state index is 0.262. The lowest BCUT2D eigenvalue weighted by Gasteiger charge is -2.16. The first-order valence-electron chi connectivity index (χ1n) is 9.37. The summed E-state index contributed by atoms with van der Waals surface area (Å²) in [7, 11) is 0. The maximum atomic E-state index is 4.80. The van der Waals surface area contributed by atoms with Gasteiger partial charge in [-0.15, -0.1) is 0 Å². The predicted octanol–water partition coefficient (Wildman–Crippen LogP) is 5.71. The van der Waals surface area contributed by atoms with Gasteiger partial charge in [0.1, 0.15) is 5.84 Å². The van der Waals surface area contributed by atoms with Gasteiger partial charge in [-0.2, -0.15) is 0 Å². The molecule has 0 aromatic carbocycles. The second kappa shape index (κ2) is 10.2. The van der Waals surface area contributed by atoms with Crippen molar-refractivity contribution in [2.75, 3.05) is 6.54 Å². The molecule has 1 unspecified atom stereocenters. The lowest BCUT2D eigenvalue weighted by Crippen LogP contribution is -2.28. The minimum atomic E-state index is 0.262. The number of unbranched alkanes of at least 4 members (excludes halogenated alkanes) is 9. The van der Waals surface area contributed by atoms with Crippen molar-refractivity contribution in [2.24, 2.45) is 10.4 Å². The Morgan fingerprint density at radius 3 is 1.95 bits per heavy atom. The molecule has 0 amide bonds. The van der Waals surface area contributed by atoms with Gasteiger partial charge in [0, 0.05) is 18.0 Å². The van der Waals surface area contributed by atoms with Crippen LogP contribution in [0.2, 0.25) is 0 Å². The summed E-state index contributed by atoms with van der Waals surface area (Å²) in [5, 5.41) is 3.53. The Morgan fingerprint density at radius 1 is 0.952 bits per heavy atom. The maximum absolute atomic E-state index is 4.80. The van der Waals surface area contributed by atoms with Crippen LogP contribution in [-0.4, -0.2) is 18.4 Å². The highest BCUT2D eigenvalue weighted by Gasteiger charge is 2.34. The van der Waals surface area contributed by atoms with Crippen molar-refractivity contribution in [1.29, 1.82) is 0 Å². The van der Waals surface area contributed by atoms with Crippen LogP contribution in [0.15, 0.2) is 4.99 Å². The van der Waals surface area contributed by atoms with E-state index < -0.39 is 0 Å². The second-order valence-corrected chi connectivity index (χ2v) is 7.55. The van der Waals surface area contributed by atoms with Crippen LogP contribution >= 0.6 is 0 Å². The Balaban J connectivity index is 1.95. The normalized spacial score (nSPS) is 22.7. The highest BCUT2D eigenvalue weighted by molar-refractivity contribution is 5.89. The average molecular weight is 295 g/mol. The van der Waals surface area contributed by atoms with Crippen LogP contribution in [0.4, 0.5) is 0 Å². The zero-order valence-corrected chi connectivity index (χ0v) is 15.0. The van der Waals surface area contributed by atoms with Crippen LogP contribution in [-0.2, 0) is 0 Å². The van der Waals surface area contributed by atoms with Crippen molar-refractivity contribution in [3.8, 4) is 0 Å². The van der Waals surface area contributed by atoms with Gasteiger partial charge in [-0.05, 0) is 19.8 Å². The first-order chi connectivity index (χ1) is 10.1. The van der Waals surface area contributed by atoms with Gasteiger partial charge >= 0.3 is 0 Å². The molecule has 1 fully saturated rings. The van der Waals surface area contributed by atoms with Crippen LogP contribution in [0.3, 0.4) is 0 Å². The number of rotatable bonds is 11. The zero-order chi connectivity index (χ0) is 15.6. The van der Waals surface area contributed by atoms with Crippen LogP contribution in [0.25, 0.3) is 0 Å². The lowest BCUT2D eigenvalue weighted by atomic mass is 9.89. The summed E-state index contributed by atoms with van der Waals surface area (Å²) in [4.78, 5) is 4.80. The number of nitrogens with one attached hydrogen (secondary N) is 1. The quantitative estimate of drug-likeness (QED) is 0.485. The van der Waals surface area contributed by atoms with Gasteiger partial charge in [0.2, 0.25) is 0 Å². The Labute approximate surface area is 133 Å². The molecule has 0 aliphatic carbocycles. The molecule has 0 spiro atoms. The monoisotopic (exact) mass is 294 g/mol. The van der Waals surface area contributed by atoms with E-state index >= 15 is 0 Å². The van der Waals surface area contributed by atoms with E-state index in [0.717, 1.165) is 6.54 Å². The summed E-state index contributed by atoms with van der Waals surface area (Å²) >= 11 is 0. The van der Waals surface area contributed by atoms with Gasteiger partial charge < -0.3 is 5.32 Å². The molecule has 0 radical (unpaired) electrons. The molecule has 2 heteroatoms. The second-order valence-electron chi connectivity index (χ2n) is 7.55. The average Bonchev–Trinajstić information content (AvgIpc) is 2.68. The minimum Gasteiger partial charge on any atom is -0.371 e. The standard InChI is InChI=1S/C19H38N2/c1-5-6-7-8-9-10-11-12-13-14-15-20-18-19(3,4)16-17(2)21-18/h17H,5-16H2,1-4H3,(H,20,21). The largest absolute Gasteiger partial charge is 0.371 e. The lowest BCUT2D eigenvalue weighted by molar-refractivity contribution is 0.481. The van der Waals surface area contributed by atoms with Gasteiger partial charge in [-0.1, -0.05) is 78.6 Å². The molecule has 1 atom stereocenters. The molecule has 1 N–H and O–H groups in total. The van der Waals surface area contributed by atoms with Gasteiger partial charge in [0.15, 0.2) is 0 Å². The van der Waals surface area contributed by atoms with Crippen molar-refractivity contribution in [3.05, 3.63) is 0 Å². The molecule has 0 aromatic rings. The molecule has 1 rings (SSSR count). The molecule has 2 nitrogen and oxygen atoms in total. The fourth-order valence-corrected chi connectivity index (χ4v) is 3.39. The van der Waals surface area contributed by atoms with Crippen molar-refractivity contribution < 1.29 is 0 Å². The van der Waals surface area contributed by atoms with Crippen LogP contribution in [0.5, 0.6) is 0 Å². The van der Waals surface area contributed by atoms with Gasteiger partial charge in [0.05, 0.1) is 0 Å². The van der Waals surface area contributed by atoms with E-state index in [2.05, 4.69) is 33.0 Å². The van der Waals surface area contributed by atoms with E-state index in [4.69, 9.17) is 4.99 Å². The summed E-state index contributed by atoms with van der Waals surface area (Å²) in [5.74, 6) is 1.24. The Morgan fingerprint density at radius 2 is 1.48 bits per heavy atom. The smallest absolute Gasteiger partial charge is 0.102 e. The molecule has 21 heavy (non-hydrogen) atoms. The first kappa shape index (κ1) is 18.5. The van der Waals surface area contributed by atoms with Gasteiger partial charge in [-0.3, -0.25) is 4.99 Å². The third-order valence-corrected chi connectivity index (χ3v) is 4.62. The van der Waals surface area contributed by atoms with Crippen LogP contribution in [0.1, 0.15) is 98.3 Å². The van der Waals surface area contributed by atoms with E-state index in [0.29, 0.717) is 6.04 Å². The third-order valence-electron chi connectivity index (χ3n) is 4.62. The molecular weight excluding hydrogens is 256 g/mol. The number of hydrogen-bond acceptors (Lipinski definition) is 1. The SMILES string of the molecule is CCCCCCCCCCCCN=C1NC(C)CC1(C)C. The summed E-state index contributed by atoms with van der Waals surface area (Å²) < 4.78 is 0. The Bertz CT molecular complexity index is 294. The summed E-state index contributed by atoms with van der Waals surface area (Å²) in [6.45, 7) is 10.2. The molecular formula is C19H38N2. The van der Waals surface area contributed by atoms with E-state index in [1.165, 1.54) is 76.5 Å². The van der Waals surface area contributed by atoms with Crippen LogP contribution in [0, 0.1) is 5.41 Å². The molecule has 0 bridgehead atoms. The highest BCUT2D eigenvalue weighted by atomic mass is 15.1. The molecule has 1 saturated heterocycles. The Hall–Kier alpha value is -0.530. The third kappa shape index (κ3) is 7.87. The molecule has 1 heterocycles. The molecule has 124 valence electrons. The molecule has 1 aliphatic rings. The van der Waals surface area contributed by atoms with E-state index in [-0.39, 0.29) is 5.41 Å². The maximum Gasteiger partial charge on any atom is 0.102 e. The number of hydrogen-bond donors (Lipinski definition) is 1. The summed E-state index contributed by atoms with van der Waals surface area (Å²) in [6, 6.07) is 0.589. The van der Waals surface area contributed by atoms with E-state index in [1.807, 2.05) is 0 Å². The van der Waals surface area contributed by atoms with Crippen molar-refractivity contribution in [3.63, 3.8) is 0 Å². The summed E-state index contributed by atoms with van der Waals surface area (Å²) in [6.07, 6.45) is 15.2. The van der Waals surface area contributed by atoms with Crippen LogP contribution < -0.4 is 5.32 Å². The number of amidine groups is 1. The van der Waals surface area contributed by atoms with Gasteiger partial charge in [-0.25, -0.2) is 0 Å². The van der Waals surface area contributed by atoms with Crippen molar-refractivity contribution in [2.45, 2.75) is 104 Å². The fraction of sp³-hybridized carbons (Fsp3) is 0.947. The fourth-order valence-electron chi connectivity index (χ4n) is 3.39. The summed E-state index contributed by atoms with van der Waals surface area (Å²) in [5.41, 5.74) is 0.262. The number of aliphatic imine (C=N–C) groups is 1. The van der Waals surface area contributed by atoms with Crippen molar-refractivity contribution in [1.82, 2.24) is 5.32 Å². The van der Waals surface area contributed by atoms with Crippen molar-refractivity contribution >= 4 is 5.84 Å². The Kier molecular flexibility index (Phi) is 9.03. The zero-order valence-electron chi connectivity index (χ0n) is 15.0. The first-order valence-corrected chi connectivity index (χ1v) is 9.37. The molecule has 0 aromatic heterocycles. The van der Waals surface area contributed by atoms with E-state index in [9.17, 15) is 0 Å².